The lowest BCUT2D eigenvalue weighted by Crippen LogP contribution is -2.26. The van der Waals surface area contributed by atoms with Crippen molar-refractivity contribution in [3.63, 3.8) is 0 Å². The lowest BCUT2D eigenvalue weighted by atomic mass is 10.0. The third-order valence-electron chi connectivity index (χ3n) is 5.17. The van der Waals surface area contributed by atoms with Crippen LogP contribution in [0.1, 0.15) is 37.9 Å². The molecule has 3 N–H and O–H groups in total. The number of ether oxygens (including phenoxy) is 1. The number of nitrogens with two attached hydrogens (primary N) is 1. The maximum atomic E-state index is 11.6. The second-order valence-electron chi connectivity index (χ2n) is 7.16. The van der Waals surface area contributed by atoms with Gasteiger partial charge in [-0.3, -0.25) is 9.79 Å². The standard InChI is InChI=1S/C19H24N6O2/c1-11(12-5-17(26)22-9-12)27-19-18-16(23-10-25(18)14-3-4-14)6-15(24-19)13(7-20)8-21-2/h6-8,10-12,14H,3-5,9,20H2,1-2H3,(H,22,26)/t11-,12-/m1/s1. The zero-order valence-electron chi connectivity index (χ0n) is 15.6. The summed E-state index contributed by atoms with van der Waals surface area (Å²) in [4.78, 5) is 24.9. The Morgan fingerprint density at radius 1 is 1.52 bits per heavy atom. The van der Waals surface area contributed by atoms with Gasteiger partial charge in [0.1, 0.15) is 11.6 Å². The lowest BCUT2D eigenvalue weighted by molar-refractivity contribution is -0.119. The van der Waals surface area contributed by atoms with Crippen LogP contribution in [0.25, 0.3) is 16.6 Å². The number of nitrogens with zero attached hydrogens (tertiary/aromatic N) is 4. The van der Waals surface area contributed by atoms with Gasteiger partial charge >= 0.3 is 0 Å². The molecule has 1 aliphatic heterocycles. The molecular formula is C19H24N6O2. The van der Waals surface area contributed by atoms with Crippen LogP contribution in [0.4, 0.5) is 0 Å². The van der Waals surface area contributed by atoms with Gasteiger partial charge in [0.2, 0.25) is 11.8 Å². The molecule has 4 rings (SSSR count). The molecule has 8 nitrogen and oxygen atoms in total. The number of hydrogen-bond donors (Lipinski definition) is 2. The number of nitrogens with one attached hydrogen (secondary N) is 1. The van der Waals surface area contributed by atoms with Crippen molar-refractivity contribution < 1.29 is 9.53 Å². The second-order valence-corrected chi connectivity index (χ2v) is 7.16. The number of imidazole rings is 1. The normalized spacial score (nSPS) is 21.8. The van der Waals surface area contributed by atoms with E-state index in [1.54, 1.807) is 13.3 Å². The predicted molar refractivity (Wildman–Crippen MR) is 104 cm³/mol. The van der Waals surface area contributed by atoms with E-state index in [0.717, 1.165) is 23.9 Å². The zero-order chi connectivity index (χ0) is 19.0. The molecule has 8 heteroatoms. The Morgan fingerprint density at radius 3 is 2.96 bits per heavy atom. The van der Waals surface area contributed by atoms with E-state index in [0.29, 0.717) is 36.2 Å². The van der Waals surface area contributed by atoms with Gasteiger partial charge in [-0.1, -0.05) is 0 Å². The lowest BCUT2D eigenvalue weighted by Gasteiger charge is -2.20. The van der Waals surface area contributed by atoms with Gasteiger partial charge in [-0.25, -0.2) is 9.97 Å². The molecule has 27 heavy (non-hydrogen) atoms. The highest BCUT2D eigenvalue weighted by Gasteiger charge is 2.31. The van der Waals surface area contributed by atoms with E-state index < -0.39 is 0 Å². The van der Waals surface area contributed by atoms with Crippen LogP contribution in [-0.2, 0) is 4.79 Å². The van der Waals surface area contributed by atoms with E-state index in [1.807, 2.05) is 19.3 Å². The van der Waals surface area contributed by atoms with Crippen molar-refractivity contribution in [2.24, 2.45) is 16.6 Å². The highest BCUT2D eigenvalue weighted by Crippen LogP contribution is 2.40. The van der Waals surface area contributed by atoms with Gasteiger partial charge in [-0.05, 0) is 25.8 Å². The molecule has 1 aliphatic carbocycles. The minimum atomic E-state index is -0.150. The number of rotatable bonds is 6. The van der Waals surface area contributed by atoms with Crippen LogP contribution in [0.15, 0.2) is 23.6 Å². The highest BCUT2D eigenvalue weighted by molar-refractivity contribution is 6.09. The predicted octanol–water partition coefficient (Wildman–Crippen LogP) is 1.67. The van der Waals surface area contributed by atoms with Crippen molar-refractivity contribution in [2.75, 3.05) is 13.6 Å². The van der Waals surface area contributed by atoms with Crippen LogP contribution in [-0.4, -0.2) is 46.4 Å². The van der Waals surface area contributed by atoms with Crippen molar-refractivity contribution >= 4 is 28.7 Å². The number of hydrogen-bond acceptors (Lipinski definition) is 6. The maximum Gasteiger partial charge on any atom is 0.241 e. The Hall–Kier alpha value is -2.90. The summed E-state index contributed by atoms with van der Waals surface area (Å²) >= 11 is 0. The molecule has 1 saturated heterocycles. The number of aliphatic imine (C=N–C) groups is 1. The summed E-state index contributed by atoms with van der Waals surface area (Å²) in [7, 11) is 1.69. The van der Waals surface area contributed by atoms with E-state index in [2.05, 4.69) is 19.9 Å². The minimum absolute atomic E-state index is 0.0674. The van der Waals surface area contributed by atoms with Gasteiger partial charge in [-0.15, -0.1) is 0 Å². The Morgan fingerprint density at radius 2 is 2.33 bits per heavy atom. The monoisotopic (exact) mass is 368 g/mol. The average molecular weight is 368 g/mol. The smallest absolute Gasteiger partial charge is 0.241 e. The number of fused-ring (bicyclic) bond motifs is 1. The van der Waals surface area contributed by atoms with Gasteiger partial charge in [0.05, 0.1) is 17.5 Å². The second kappa shape index (κ2) is 7.02. The fourth-order valence-electron chi connectivity index (χ4n) is 3.45. The van der Waals surface area contributed by atoms with Crippen molar-refractivity contribution in [3.05, 3.63) is 24.3 Å². The minimum Gasteiger partial charge on any atom is -0.473 e. The van der Waals surface area contributed by atoms with Crippen LogP contribution < -0.4 is 15.8 Å². The van der Waals surface area contributed by atoms with Gasteiger partial charge in [0, 0.05) is 50.0 Å². The maximum absolute atomic E-state index is 11.6. The Kier molecular flexibility index (Phi) is 4.55. The first-order chi connectivity index (χ1) is 13.1. The Bertz CT molecular complexity index is 928. The van der Waals surface area contributed by atoms with Gasteiger partial charge < -0.3 is 20.4 Å². The van der Waals surface area contributed by atoms with Crippen LogP contribution in [0, 0.1) is 5.92 Å². The first-order valence-electron chi connectivity index (χ1n) is 9.26. The first kappa shape index (κ1) is 17.5. The van der Waals surface area contributed by atoms with Crippen molar-refractivity contribution in [1.29, 1.82) is 0 Å². The summed E-state index contributed by atoms with van der Waals surface area (Å²) in [5.74, 6) is 0.720. The molecule has 3 heterocycles. The molecule has 1 saturated carbocycles. The number of carbonyl (C=O) groups excluding carboxylic acids is 1. The third-order valence-corrected chi connectivity index (χ3v) is 5.17. The van der Waals surface area contributed by atoms with Crippen molar-refractivity contribution in [3.8, 4) is 5.88 Å². The molecule has 1 amide bonds. The molecule has 0 radical (unpaired) electrons. The first-order valence-corrected chi connectivity index (χ1v) is 9.26. The number of carbonyl (C=O) groups is 1. The summed E-state index contributed by atoms with van der Waals surface area (Å²) in [6.45, 7) is 2.61. The SMILES string of the molecule is CN=CC(=CN)c1cc2ncn(C3CC3)c2c(O[C@H](C)[C@H]2CNC(=O)C2)n1. The number of allylic oxidation sites excluding steroid dienone is 1. The fourth-order valence-corrected chi connectivity index (χ4v) is 3.45. The summed E-state index contributed by atoms with van der Waals surface area (Å²) in [5, 5.41) is 2.86. The summed E-state index contributed by atoms with van der Waals surface area (Å²) in [6, 6.07) is 2.36. The third kappa shape index (κ3) is 3.39. The molecule has 142 valence electrons. The van der Waals surface area contributed by atoms with Crippen LogP contribution in [0.3, 0.4) is 0 Å². The van der Waals surface area contributed by atoms with Crippen molar-refractivity contribution in [1.82, 2.24) is 19.9 Å². The summed E-state index contributed by atoms with van der Waals surface area (Å²) in [5.41, 5.74) is 8.85. The molecule has 2 aliphatic rings. The fraction of sp³-hybridized carbons (Fsp3) is 0.474. The van der Waals surface area contributed by atoms with E-state index >= 15 is 0 Å². The average Bonchev–Trinajstić information content (AvgIpc) is 3.26. The molecule has 2 fully saturated rings. The highest BCUT2D eigenvalue weighted by atomic mass is 16.5. The molecule has 0 aromatic carbocycles. The van der Waals surface area contributed by atoms with Gasteiger partial charge in [0.15, 0.2) is 0 Å². The van der Waals surface area contributed by atoms with Crippen LogP contribution in [0.2, 0.25) is 0 Å². The summed E-state index contributed by atoms with van der Waals surface area (Å²) in [6.07, 6.45) is 7.60. The molecule has 2 aromatic rings. The van der Waals surface area contributed by atoms with Crippen LogP contribution >= 0.6 is 0 Å². The summed E-state index contributed by atoms with van der Waals surface area (Å²) < 4.78 is 8.42. The molecular weight excluding hydrogens is 344 g/mol. The van der Waals surface area contributed by atoms with Crippen LogP contribution in [0.5, 0.6) is 5.88 Å². The molecule has 2 aromatic heterocycles. The Labute approximate surface area is 157 Å². The molecule has 0 bridgehead atoms. The van der Waals surface area contributed by atoms with Gasteiger partial charge in [0.25, 0.3) is 0 Å². The van der Waals surface area contributed by atoms with Gasteiger partial charge in [-0.2, -0.15) is 0 Å². The van der Waals surface area contributed by atoms with E-state index in [4.69, 9.17) is 15.5 Å². The molecule has 2 atom stereocenters. The molecule has 0 spiro atoms. The largest absolute Gasteiger partial charge is 0.473 e. The topological polar surface area (TPSA) is 107 Å². The Balaban J connectivity index is 1.75. The van der Waals surface area contributed by atoms with Crippen molar-refractivity contribution in [2.45, 2.75) is 38.3 Å². The van der Waals surface area contributed by atoms with E-state index in [1.165, 1.54) is 6.20 Å². The quantitative estimate of drug-likeness (QED) is 0.754. The number of amides is 1. The van der Waals surface area contributed by atoms with E-state index in [-0.39, 0.29) is 17.9 Å². The molecule has 0 unspecified atom stereocenters. The zero-order valence-corrected chi connectivity index (χ0v) is 15.6. The van der Waals surface area contributed by atoms with E-state index in [9.17, 15) is 4.79 Å². The number of aromatic nitrogens is 3. The number of pyridine rings is 1.